The fraction of sp³-hybridized carbons (Fsp3) is 0.381. The molecule has 5 nitrogen and oxygen atoms in total. The van der Waals surface area contributed by atoms with Gasteiger partial charge in [-0.15, -0.1) is 0 Å². The molecule has 2 rings (SSSR count). The van der Waals surface area contributed by atoms with Crippen LogP contribution >= 0.6 is 0 Å². The molecule has 0 bridgehead atoms. The number of likely N-dealkylation sites (N-methyl/N-ethyl adjacent to an activating group) is 1. The molecule has 0 aliphatic carbocycles. The van der Waals surface area contributed by atoms with Crippen molar-refractivity contribution in [3.63, 3.8) is 0 Å². The highest BCUT2D eigenvalue weighted by molar-refractivity contribution is 5.81. The number of amides is 1. The molecule has 0 aliphatic rings. The summed E-state index contributed by atoms with van der Waals surface area (Å²) in [6.07, 6.45) is 0.941. The van der Waals surface area contributed by atoms with Gasteiger partial charge in [-0.25, -0.2) is 0 Å². The molecule has 0 spiro atoms. The van der Waals surface area contributed by atoms with Crippen molar-refractivity contribution in [1.29, 1.82) is 0 Å². The van der Waals surface area contributed by atoms with Crippen LogP contribution in [0.5, 0.6) is 11.5 Å². The number of carbonyl (C=O) groups excluding carboxylic acids is 1. The summed E-state index contributed by atoms with van der Waals surface area (Å²) in [6.45, 7) is 6.31. The van der Waals surface area contributed by atoms with Crippen LogP contribution < -0.4 is 19.7 Å². The van der Waals surface area contributed by atoms with Crippen molar-refractivity contribution in [2.45, 2.75) is 26.8 Å². The Hall–Kier alpha value is -2.69. The van der Waals surface area contributed by atoms with E-state index in [4.69, 9.17) is 9.47 Å². The second-order valence-electron chi connectivity index (χ2n) is 5.96. The smallest absolute Gasteiger partial charge is 0.239 e. The van der Waals surface area contributed by atoms with E-state index >= 15 is 0 Å². The molecule has 0 radical (unpaired) electrons. The number of benzene rings is 2. The van der Waals surface area contributed by atoms with Crippen LogP contribution in [0, 0.1) is 0 Å². The van der Waals surface area contributed by atoms with Crippen LogP contribution in [0.15, 0.2) is 48.5 Å². The zero-order valence-corrected chi connectivity index (χ0v) is 15.8. The summed E-state index contributed by atoms with van der Waals surface area (Å²) in [5.41, 5.74) is 2.02. The molecule has 0 aliphatic heterocycles. The summed E-state index contributed by atoms with van der Waals surface area (Å²) in [7, 11) is 1.62. The minimum atomic E-state index is -0.0130. The van der Waals surface area contributed by atoms with Gasteiger partial charge in [0.2, 0.25) is 5.91 Å². The average Bonchev–Trinajstić information content (AvgIpc) is 2.69. The van der Waals surface area contributed by atoms with Crippen molar-refractivity contribution in [1.82, 2.24) is 5.32 Å². The normalized spacial score (nSPS) is 10.3. The molecular weight excluding hydrogens is 328 g/mol. The van der Waals surface area contributed by atoms with Crippen LogP contribution in [0.25, 0.3) is 0 Å². The maximum atomic E-state index is 12.3. The molecule has 0 heterocycles. The molecule has 140 valence electrons. The zero-order chi connectivity index (χ0) is 18.8. The Morgan fingerprint density at radius 3 is 2.50 bits per heavy atom. The number of carbonyl (C=O) groups is 1. The third kappa shape index (κ3) is 5.69. The summed E-state index contributed by atoms with van der Waals surface area (Å²) in [6, 6.07) is 15.7. The third-order valence-electron chi connectivity index (χ3n) is 4.02. The Morgan fingerprint density at radius 1 is 1.08 bits per heavy atom. The van der Waals surface area contributed by atoms with E-state index in [0.717, 1.165) is 30.0 Å². The molecular formula is C21H28N2O3. The Balaban J connectivity index is 1.92. The number of hydrogen-bond acceptors (Lipinski definition) is 4. The van der Waals surface area contributed by atoms with Gasteiger partial charge in [-0.05, 0) is 43.2 Å². The molecule has 0 saturated carbocycles. The van der Waals surface area contributed by atoms with E-state index in [1.807, 2.05) is 60.4 Å². The lowest BCUT2D eigenvalue weighted by Crippen LogP contribution is -2.36. The van der Waals surface area contributed by atoms with E-state index in [1.54, 1.807) is 7.11 Å². The first-order chi connectivity index (χ1) is 12.7. The molecule has 1 amide bonds. The first-order valence-electron chi connectivity index (χ1n) is 9.04. The first-order valence-corrected chi connectivity index (χ1v) is 9.04. The van der Waals surface area contributed by atoms with Gasteiger partial charge < -0.3 is 19.7 Å². The van der Waals surface area contributed by atoms with Crippen LogP contribution in [-0.4, -0.2) is 32.7 Å². The minimum absolute atomic E-state index is 0.0130. The molecule has 0 saturated heterocycles. The first kappa shape index (κ1) is 19.6. The van der Waals surface area contributed by atoms with Gasteiger partial charge in [-0.1, -0.05) is 31.2 Å². The highest BCUT2D eigenvalue weighted by Gasteiger charge is 2.10. The van der Waals surface area contributed by atoms with Crippen LogP contribution in [0.2, 0.25) is 0 Å². The van der Waals surface area contributed by atoms with Crippen LogP contribution in [0.4, 0.5) is 5.69 Å². The SMILES string of the molecule is CCCOc1ccc(CNC(=O)CN(CC)c2ccccc2)cc1OC. The Bertz CT molecular complexity index is 689. The fourth-order valence-corrected chi connectivity index (χ4v) is 2.61. The van der Waals surface area contributed by atoms with Gasteiger partial charge in [-0.2, -0.15) is 0 Å². The van der Waals surface area contributed by atoms with Crippen LogP contribution in [0.1, 0.15) is 25.8 Å². The standard InChI is InChI=1S/C21H28N2O3/c1-4-13-26-19-12-11-17(14-20(19)25-3)15-22-21(24)16-23(5-2)18-9-7-6-8-10-18/h6-12,14H,4-5,13,15-16H2,1-3H3,(H,22,24). The maximum absolute atomic E-state index is 12.3. The van der Waals surface area contributed by atoms with Crippen LogP contribution in [-0.2, 0) is 11.3 Å². The zero-order valence-electron chi connectivity index (χ0n) is 15.8. The highest BCUT2D eigenvalue weighted by Crippen LogP contribution is 2.28. The predicted octanol–water partition coefficient (Wildman–Crippen LogP) is 3.63. The number of ether oxygens (including phenoxy) is 2. The molecule has 1 N–H and O–H groups in total. The van der Waals surface area contributed by atoms with Gasteiger partial charge in [0.15, 0.2) is 11.5 Å². The quantitative estimate of drug-likeness (QED) is 0.706. The van der Waals surface area contributed by atoms with Crippen molar-refractivity contribution in [3.05, 3.63) is 54.1 Å². The largest absolute Gasteiger partial charge is 0.493 e. The lowest BCUT2D eigenvalue weighted by Gasteiger charge is -2.22. The van der Waals surface area contributed by atoms with Crippen molar-refractivity contribution in [2.24, 2.45) is 0 Å². The fourth-order valence-electron chi connectivity index (χ4n) is 2.61. The molecule has 26 heavy (non-hydrogen) atoms. The Kier molecular flexibility index (Phi) is 7.80. The molecule has 0 fully saturated rings. The van der Waals surface area contributed by atoms with E-state index in [2.05, 4.69) is 12.2 Å². The average molecular weight is 356 g/mol. The van der Waals surface area contributed by atoms with Gasteiger partial charge in [0.1, 0.15) is 0 Å². The van der Waals surface area contributed by atoms with E-state index < -0.39 is 0 Å². The Morgan fingerprint density at radius 2 is 1.85 bits per heavy atom. The van der Waals surface area contributed by atoms with E-state index in [9.17, 15) is 4.79 Å². The summed E-state index contributed by atoms with van der Waals surface area (Å²) in [4.78, 5) is 14.4. The second-order valence-corrected chi connectivity index (χ2v) is 5.96. The number of anilines is 1. The molecule has 5 heteroatoms. The van der Waals surface area contributed by atoms with Crippen molar-refractivity contribution >= 4 is 11.6 Å². The monoisotopic (exact) mass is 356 g/mol. The summed E-state index contributed by atoms with van der Waals surface area (Å²) in [5, 5.41) is 2.97. The minimum Gasteiger partial charge on any atom is -0.493 e. The molecule has 0 unspecified atom stereocenters. The number of nitrogens with zero attached hydrogens (tertiary/aromatic N) is 1. The van der Waals surface area contributed by atoms with Crippen molar-refractivity contribution in [3.8, 4) is 11.5 Å². The maximum Gasteiger partial charge on any atom is 0.239 e. The van der Waals surface area contributed by atoms with Crippen LogP contribution in [0.3, 0.4) is 0 Å². The number of methoxy groups -OCH3 is 1. The predicted molar refractivity (Wildman–Crippen MR) is 105 cm³/mol. The Labute approximate surface area is 155 Å². The van der Waals surface area contributed by atoms with Gasteiger partial charge in [0.25, 0.3) is 0 Å². The number of hydrogen-bond donors (Lipinski definition) is 1. The third-order valence-corrected chi connectivity index (χ3v) is 4.02. The number of nitrogens with one attached hydrogen (secondary N) is 1. The number of rotatable bonds is 10. The molecule has 2 aromatic rings. The molecule has 0 atom stereocenters. The summed E-state index contributed by atoms with van der Waals surface area (Å²) < 4.78 is 11.0. The summed E-state index contributed by atoms with van der Waals surface area (Å²) >= 11 is 0. The molecule has 2 aromatic carbocycles. The van der Waals surface area contributed by atoms with Gasteiger partial charge in [0.05, 0.1) is 20.3 Å². The van der Waals surface area contributed by atoms with E-state index in [-0.39, 0.29) is 5.91 Å². The number of para-hydroxylation sites is 1. The second kappa shape index (κ2) is 10.3. The molecule has 0 aromatic heterocycles. The topological polar surface area (TPSA) is 50.8 Å². The van der Waals surface area contributed by atoms with Crippen molar-refractivity contribution in [2.75, 3.05) is 31.7 Å². The van der Waals surface area contributed by atoms with E-state index in [0.29, 0.717) is 25.4 Å². The van der Waals surface area contributed by atoms with Gasteiger partial charge in [0, 0.05) is 18.8 Å². The lowest BCUT2D eigenvalue weighted by molar-refractivity contribution is -0.119. The highest BCUT2D eigenvalue weighted by atomic mass is 16.5. The lowest BCUT2D eigenvalue weighted by atomic mass is 10.2. The van der Waals surface area contributed by atoms with Gasteiger partial charge >= 0.3 is 0 Å². The van der Waals surface area contributed by atoms with Gasteiger partial charge in [-0.3, -0.25) is 4.79 Å². The van der Waals surface area contributed by atoms with Crippen molar-refractivity contribution < 1.29 is 14.3 Å². The summed E-state index contributed by atoms with van der Waals surface area (Å²) in [5.74, 6) is 1.40. The van der Waals surface area contributed by atoms with E-state index in [1.165, 1.54) is 0 Å².